The van der Waals surface area contributed by atoms with Crippen molar-refractivity contribution in [3.8, 4) is 0 Å². The minimum atomic E-state index is -0.498. The van der Waals surface area contributed by atoms with Gasteiger partial charge in [0.25, 0.3) is 0 Å². The van der Waals surface area contributed by atoms with Gasteiger partial charge in [-0.25, -0.2) is 9.18 Å². The molecule has 0 N–H and O–H groups in total. The van der Waals surface area contributed by atoms with E-state index in [1.807, 2.05) is 32.9 Å². The number of aromatic nitrogens is 2. The Morgan fingerprint density at radius 1 is 1.32 bits per heavy atom. The Bertz CT molecular complexity index is 805. The van der Waals surface area contributed by atoms with Gasteiger partial charge in [0.15, 0.2) is 5.82 Å². The molecule has 0 bridgehead atoms. The van der Waals surface area contributed by atoms with Gasteiger partial charge in [0.05, 0.1) is 0 Å². The highest BCUT2D eigenvalue weighted by Crippen LogP contribution is 2.34. The van der Waals surface area contributed by atoms with Crippen LogP contribution in [-0.4, -0.2) is 39.5 Å². The molecule has 1 aliphatic heterocycles. The van der Waals surface area contributed by atoms with E-state index in [1.54, 1.807) is 16.6 Å². The SMILES string of the molecule is Cn1nc(I)c2ccc(C3CCN(C(=O)OC(C)(C)C)CC3)c(F)c21. The molecule has 0 atom stereocenters. The van der Waals surface area contributed by atoms with Gasteiger partial charge < -0.3 is 9.64 Å². The number of rotatable bonds is 1. The average molecular weight is 459 g/mol. The number of aryl methyl sites for hydroxylation is 1. The van der Waals surface area contributed by atoms with Gasteiger partial charge in [-0.1, -0.05) is 6.07 Å². The molecule has 1 aromatic carbocycles. The molecule has 0 saturated carbocycles. The Kier molecular flexibility index (Phi) is 4.96. The molecule has 1 amide bonds. The molecule has 2 aromatic rings. The van der Waals surface area contributed by atoms with Gasteiger partial charge in [0.1, 0.15) is 14.8 Å². The van der Waals surface area contributed by atoms with Crippen LogP contribution < -0.4 is 0 Å². The van der Waals surface area contributed by atoms with E-state index in [9.17, 15) is 4.79 Å². The summed E-state index contributed by atoms with van der Waals surface area (Å²) in [6, 6.07) is 3.82. The molecule has 7 heteroatoms. The monoisotopic (exact) mass is 459 g/mol. The number of hydrogen-bond donors (Lipinski definition) is 0. The van der Waals surface area contributed by atoms with Gasteiger partial charge in [-0.05, 0) is 73.8 Å². The van der Waals surface area contributed by atoms with E-state index in [0.717, 1.165) is 27.5 Å². The van der Waals surface area contributed by atoms with Crippen LogP contribution in [0.4, 0.5) is 9.18 Å². The van der Waals surface area contributed by atoms with Crippen LogP contribution in [0.2, 0.25) is 0 Å². The van der Waals surface area contributed by atoms with E-state index >= 15 is 4.39 Å². The van der Waals surface area contributed by atoms with Crippen LogP contribution in [0.25, 0.3) is 10.9 Å². The number of likely N-dealkylation sites (tertiary alicyclic amines) is 1. The molecular weight excluding hydrogens is 436 g/mol. The Morgan fingerprint density at radius 2 is 1.96 bits per heavy atom. The third kappa shape index (κ3) is 3.75. The van der Waals surface area contributed by atoms with Gasteiger partial charge in [0.2, 0.25) is 0 Å². The van der Waals surface area contributed by atoms with Crippen LogP contribution >= 0.6 is 22.6 Å². The van der Waals surface area contributed by atoms with Crippen LogP contribution in [0.5, 0.6) is 0 Å². The fourth-order valence-electron chi connectivity index (χ4n) is 3.31. The van der Waals surface area contributed by atoms with Gasteiger partial charge in [0, 0.05) is 25.5 Å². The molecule has 0 spiro atoms. The highest BCUT2D eigenvalue weighted by atomic mass is 127. The van der Waals surface area contributed by atoms with E-state index in [1.165, 1.54) is 0 Å². The zero-order chi connectivity index (χ0) is 18.4. The first-order valence-electron chi connectivity index (χ1n) is 8.46. The predicted molar refractivity (Wildman–Crippen MR) is 103 cm³/mol. The largest absolute Gasteiger partial charge is 0.444 e. The number of carbonyl (C=O) groups is 1. The molecule has 0 unspecified atom stereocenters. The van der Waals surface area contributed by atoms with E-state index in [-0.39, 0.29) is 17.8 Å². The number of carbonyl (C=O) groups excluding carboxylic acids is 1. The van der Waals surface area contributed by atoms with Crippen LogP contribution in [0.1, 0.15) is 45.1 Å². The molecule has 0 aliphatic carbocycles. The van der Waals surface area contributed by atoms with Crippen LogP contribution in [0.3, 0.4) is 0 Å². The lowest BCUT2D eigenvalue weighted by atomic mass is 9.88. The van der Waals surface area contributed by atoms with E-state index in [4.69, 9.17) is 4.74 Å². The fourth-order valence-corrected chi connectivity index (χ4v) is 4.07. The summed E-state index contributed by atoms with van der Waals surface area (Å²) >= 11 is 2.13. The van der Waals surface area contributed by atoms with Gasteiger partial charge >= 0.3 is 6.09 Å². The second-order valence-corrected chi connectivity index (χ2v) is 8.54. The number of nitrogens with zero attached hydrogens (tertiary/aromatic N) is 3. The standard InChI is InChI=1S/C18H23FIN3O2/c1-18(2,3)25-17(24)23-9-7-11(8-10-23)12-5-6-13-15(14(12)19)22(4)21-16(13)20/h5-6,11H,7-10H2,1-4H3. The minimum absolute atomic E-state index is 0.107. The van der Waals surface area contributed by atoms with Gasteiger partial charge in [-0.15, -0.1) is 0 Å². The summed E-state index contributed by atoms with van der Waals surface area (Å²) in [5.41, 5.74) is 0.772. The predicted octanol–water partition coefficient (Wildman–Crippen LogP) is 4.43. The molecule has 25 heavy (non-hydrogen) atoms. The van der Waals surface area contributed by atoms with Crippen molar-refractivity contribution in [3.05, 3.63) is 27.2 Å². The first-order valence-corrected chi connectivity index (χ1v) is 9.54. The lowest BCUT2D eigenvalue weighted by molar-refractivity contribution is 0.0204. The van der Waals surface area contributed by atoms with Crippen LogP contribution in [-0.2, 0) is 11.8 Å². The van der Waals surface area contributed by atoms with Crippen molar-refractivity contribution in [3.63, 3.8) is 0 Å². The normalized spacial score (nSPS) is 16.5. The van der Waals surface area contributed by atoms with E-state index in [0.29, 0.717) is 18.6 Å². The smallest absolute Gasteiger partial charge is 0.410 e. The number of halogens is 2. The summed E-state index contributed by atoms with van der Waals surface area (Å²) in [5.74, 6) is -0.0817. The van der Waals surface area contributed by atoms with Crippen molar-refractivity contribution in [1.29, 1.82) is 0 Å². The highest BCUT2D eigenvalue weighted by molar-refractivity contribution is 14.1. The molecule has 1 fully saturated rings. The number of ether oxygens (including phenoxy) is 1. The second kappa shape index (κ2) is 6.74. The van der Waals surface area contributed by atoms with Crippen molar-refractivity contribution in [2.75, 3.05) is 13.1 Å². The van der Waals surface area contributed by atoms with Crippen LogP contribution in [0, 0.1) is 9.52 Å². The number of amides is 1. The first kappa shape index (κ1) is 18.4. The van der Waals surface area contributed by atoms with Crippen molar-refractivity contribution in [2.45, 2.75) is 45.1 Å². The lowest BCUT2D eigenvalue weighted by Gasteiger charge is -2.33. The van der Waals surface area contributed by atoms with Crippen LogP contribution in [0.15, 0.2) is 12.1 Å². The maximum Gasteiger partial charge on any atom is 0.410 e. The summed E-state index contributed by atoms with van der Waals surface area (Å²) in [6.45, 7) is 6.74. The molecule has 0 radical (unpaired) electrons. The first-order chi connectivity index (χ1) is 11.7. The molecule has 5 nitrogen and oxygen atoms in total. The summed E-state index contributed by atoms with van der Waals surface area (Å²) in [4.78, 5) is 13.9. The number of fused-ring (bicyclic) bond motifs is 1. The minimum Gasteiger partial charge on any atom is -0.444 e. The maximum atomic E-state index is 15.0. The molecule has 136 valence electrons. The van der Waals surface area contributed by atoms with E-state index in [2.05, 4.69) is 27.7 Å². The Balaban J connectivity index is 1.75. The number of hydrogen-bond acceptors (Lipinski definition) is 3. The van der Waals surface area contributed by atoms with Crippen molar-refractivity contribution in [2.24, 2.45) is 7.05 Å². The molecule has 1 saturated heterocycles. The molecular formula is C18H23FIN3O2. The van der Waals surface area contributed by atoms with Crippen molar-refractivity contribution >= 4 is 39.6 Å². The quantitative estimate of drug-likeness (QED) is 0.593. The van der Waals surface area contributed by atoms with Crippen molar-refractivity contribution < 1.29 is 13.9 Å². The molecule has 3 rings (SSSR count). The zero-order valence-electron chi connectivity index (χ0n) is 15.0. The zero-order valence-corrected chi connectivity index (χ0v) is 17.1. The van der Waals surface area contributed by atoms with E-state index < -0.39 is 5.60 Å². The molecule has 2 heterocycles. The second-order valence-electron chi connectivity index (χ2n) is 7.52. The van der Waals surface area contributed by atoms with Crippen molar-refractivity contribution in [1.82, 2.24) is 14.7 Å². The number of benzene rings is 1. The summed E-state index contributed by atoms with van der Waals surface area (Å²) in [5, 5.41) is 5.14. The summed E-state index contributed by atoms with van der Waals surface area (Å²) < 4.78 is 22.9. The Labute approximate surface area is 160 Å². The Morgan fingerprint density at radius 3 is 2.56 bits per heavy atom. The Hall–Kier alpha value is -1.38. The van der Waals surface area contributed by atoms with Gasteiger partial charge in [-0.3, -0.25) is 4.68 Å². The molecule has 1 aromatic heterocycles. The highest BCUT2D eigenvalue weighted by Gasteiger charge is 2.29. The van der Waals surface area contributed by atoms with Gasteiger partial charge in [-0.2, -0.15) is 5.10 Å². The lowest BCUT2D eigenvalue weighted by Crippen LogP contribution is -2.41. The summed E-state index contributed by atoms with van der Waals surface area (Å²) in [7, 11) is 1.77. The third-order valence-electron chi connectivity index (χ3n) is 4.52. The fraction of sp³-hybridized carbons (Fsp3) is 0.556. The number of piperidine rings is 1. The maximum absolute atomic E-state index is 15.0. The topological polar surface area (TPSA) is 47.4 Å². The average Bonchev–Trinajstić information content (AvgIpc) is 2.81. The third-order valence-corrected chi connectivity index (χ3v) is 5.31. The summed E-state index contributed by atoms with van der Waals surface area (Å²) in [6.07, 6.45) is 1.18. The molecule has 1 aliphatic rings.